The summed E-state index contributed by atoms with van der Waals surface area (Å²) in [7, 11) is 1.78. The molecule has 0 unspecified atom stereocenters. The maximum absolute atomic E-state index is 11.2. The van der Waals surface area contributed by atoms with Gasteiger partial charge in [-0.15, -0.1) is 0 Å². The van der Waals surface area contributed by atoms with E-state index in [1.54, 1.807) is 18.7 Å². The molecule has 0 aromatic carbocycles. The fraction of sp³-hybridized carbons (Fsp3) is 0.750. The summed E-state index contributed by atoms with van der Waals surface area (Å²) in [4.78, 5) is 13.0. The Hall–Kier alpha value is -1.24. The van der Waals surface area contributed by atoms with Gasteiger partial charge in [-0.25, -0.2) is 4.68 Å². The molecule has 0 radical (unpaired) electrons. The lowest BCUT2D eigenvalue weighted by molar-refractivity contribution is -0.384. The highest BCUT2D eigenvalue weighted by atomic mass is 32.2. The molecule has 1 aromatic heterocycles. The van der Waals surface area contributed by atoms with Gasteiger partial charge in [-0.2, -0.15) is 16.9 Å². The first kappa shape index (κ1) is 14.2. The lowest BCUT2D eigenvalue weighted by Crippen LogP contribution is -2.41. The van der Waals surface area contributed by atoms with Crippen LogP contribution in [0.25, 0.3) is 0 Å². The maximum Gasteiger partial charge on any atom is 0.333 e. The van der Waals surface area contributed by atoms with Gasteiger partial charge in [0.2, 0.25) is 5.82 Å². The smallest absolute Gasteiger partial charge is 0.333 e. The normalized spacial score (nSPS) is 20.1. The molecule has 6 nitrogen and oxygen atoms in total. The van der Waals surface area contributed by atoms with Crippen molar-refractivity contribution in [1.82, 2.24) is 9.78 Å². The Bertz CT molecular complexity index is 486. The number of aryl methyl sites for hydroxylation is 2. The molecular weight excluding hydrogens is 264 g/mol. The van der Waals surface area contributed by atoms with Crippen molar-refractivity contribution in [2.75, 3.05) is 23.7 Å². The minimum absolute atomic E-state index is 0.150. The third-order valence-electron chi connectivity index (χ3n) is 3.48. The molecule has 0 bridgehead atoms. The lowest BCUT2D eigenvalue weighted by Gasteiger charge is -2.35. The molecule has 0 aliphatic carbocycles. The van der Waals surface area contributed by atoms with E-state index in [-0.39, 0.29) is 10.6 Å². The topological polar surface area (TPSA) is 64.2 Å². The quantitative estimate of drug-likeness (QED) is 0.629. The summed E-state index contributed by atoms with van der Waals surface area (Å²) in [5, 5.41) is 16.0. The van der Waals surface area contributed by atoms with E-state index in [4.69, 9.17) is 0 Å². The van der Waals surface area contributed by atoms with Crippen LogP contribution in [0.3, 0.4) is 0 Å². The van der Waals surface area contributed by atoms with Crippen molar-refractivity contribution < 1.29 is 4.92 Å². The fourth-order valence-electron chi connectivity index (χ4n) is 2.47. The van der Waals surface area contributed by atoms with Gasteiger partial charge in [0, 0.05) is 31.1 Å². The number of thioether (sulfide) groups is 1. The van der Waals surface area contributed by atoms with E-state index >= 15 is 0 Å². The molecule has 106 valence electrons. The Balaban J connectivity index is 2.33. The number of nitro groups is 1. The van der Waals surface area contributed by atoms with E-state index in [0.29, 0.717) is 22.7 Å². The Morgan fingerprint density at radius 2 is 2.21 bits per heavy atom. The molecular formula is C12H20N4O2S. The molecule has 1 aromatic rings. The van der Waals surface area contributed by atoms with Crippen molar-refractivity contribution in [3.63, 3.8) is 0 Å². The fourth-order valence-corrected chi connectivity index (χ4v) is 3.77. The molecule has 2 rings (SSSR count). The van der Waals surface area contributed by atoms with Crippen molar-refractivity contribution in [1.29, 1.82) is 0 Å². The first-order chi connectivity index (χ1) is 8.91. The van der Waals surface area contributed by atoms with Gasteiger partial charge in [-0.1, -0.05) is 13.8 Å². The second kappa shape index (κ2) is 5.40. The summed E-state index contributed by atoms with van der Waals surface area (Å²) in [6.45, 7) is 7.78. The van der Waals surface area contributed by atoms with Crippen LogP contribution < -0.4 is 4.90 Å². The van der Waals surface area contributed by atoms with Crippen LogP contribution >= 0.6 is 11.8 Å². The molecule has 1 aliphatic rings. The van der Waals surface area contributed by atoms with Crippen molar-refractivity contribution in [3.8, 4) is 0 Å². The van der Waals surface area contributed by atoms with Crippen LogP contribution in [0.15, 0.2) is 0 Å². The molecule has 1 atom stereocenters. The second-order valence-corrected chi connectivity index (χ2v) is 6.58. The number of rotatable bonds is 3. The van der Waals surface area contributed by atoms with E-state index in [1.165, 1.54) is 0 Å². The zero-order chi connectivity index (χ0) is 14.2. The highest BCUT2D eigenvalue weighted by molar-refractivity contribution is 8.00. The van der Waals surface area contributed by atoms with Gasteiger partial charge >= 0.3 is 5.69 Å². The highest BCUT2D eigenvalue weighted by Gasteiger charge is 2.32. The van der Waals surface area contributed by atoms with Gasteiger partial charge < -0.3 is 4.90 Å². The van der Waals surface area contributed by atoms with E-state index in [9.17, 15) is 10.1 Å². The summed E-state index contributed by atoms with van der Waals surface area (Å²) in [5.41, 5.74) is 0.638. The molecule has 0 saturated carbocycles. The Kier molecular flexibility index (Phi) is 4.03. The molecule has 7 heteroatoms. The molecule has 19 heavy (non-hydrogen) atoms. The largest absolute Gasteiger partial charge is 0.349 e. The SMILES string of the molecule is Cc1nn(C)c(N2CCS[C@H](C(C)C)C2)c1[N+](=O)[O-]. The first-order valence-corrected chi connectivity index (χ1v) is 7.51. The van der Waals surface area contributed by atoms with E-state index in [2.05, 4.69) is 23.8 Å². The summed E-state index contributed by atoms with van der Waals surface area (Å²) >= 11 is 1.96. The molecule has 0 spiro atoms. The third kappa shape index (κ3) is 2.70. The predicted octanol–water partition coefficient (Wildman–Crippen LogP) is 2.21. The number of anilines is 1. The zero-order valence-corrected chi connectivity index (χ0v) is 12.6. The number of nitrogens with zero attached hydrogens (tertiary/aromatic N) is 4. The van der Waals surface area contributed by atoms with Crippen LogP contribution in [0, 0.1) is 23.0 Å². The van der Waals surface area contributed by atoms with Gasteiger partial charge in [0.1, 0.15) is 5.69 Å². The van der Waals surface area contributed by atoms with Crippen molar-refractivity contribution in [2.45, 2.75) is 26.0 Å². The average molecular weight is 284 g/mol. The monoisotopic (exact) mass is 284 g/mol. The summed E-state index contributed by atoms with van der Waals surface area (Å²) < 4.78 is 1.64. The Labute approximate surface area is 117 Å². The Morgan fingerprint density at radius 3 is 2.79 bits per heavy atom. The molecule has 2 heterocycles. The number of hydrogen-bond acceptors (Lipinski definition) is 5. The van der Waals surface area contributed by atoms with Gasteiger partial charge in [-0.3, -0.25) is 10.1 Å². The van der Waals surface area contributed by atoms with Crippen LogP contribution in [0.4, 0.5) is 11.5 Å². The van der Waals surface area contributed by atoms with Crippen molar-refractivity contribution >= 4 is 23.3 Å². The minimum atomic E-state index is -0.316. The lowest BCUT2D eigenvalue weighted by atomic mass is 10.1. The predicted molar refractivity (Wildman–Crippen MR) is 77.9 cm³/mol. The third-order valence-corrected chi connectivity index (χ3v) is 5.02. The second-order valence-electron chi connectivity index (χ2n) is 5.24. The van der Waals surface area contributed by atoms with Crippen LogP contribution in [0.5, 0.6) is 0 Å². The standard InChI is InChI=1S/C12H20N4O2S/c1-8(2)10-7-15(5-6-19-10)12-11(16(17)18)9(3)13-14(12)4/h8,10H,5-7H2,1-4H3/t10-/m0/s1. The number of hydrogen-bond donors (Lipinski definition) is 0. The molecule has 0 amide bonds. The molecule has 1 fully saturated rings. The van der Waals surface area contributed by atoms with E-state index < -0.39 is 0 Å². The van der Waals surface area contributed by atoms with Crippen molar-refractivity contribution in [3.05, 3.63) is 15.8 Å². The molecule has 1 saturated heterocycles. The first-order valence-electron chi connectivity index (χ1n) is 6.46. The summed E-state index contributed by atoms with van der Waals surface area (Å²) in [6, 6.07) is 0. The minimum Gasteiger partial charge on any atom is -0.349 e. The van der Waals surface area contributed by atoms with Gasteiger partial charge in [-0.05, 0) is 12.8 Å². The number of aromatic nitrogens is 2. The van der Waals surface area contributed by atoms with Crippen LogP contribution in [0.1, 0.15) is 19.5 Å². The van der Waals surface area contributed by atoms with Crippen LogP contribution in [0.2, 0.25) is 0 Å². The summed E-state index contributed by atoms with van der Waals surface area (Å²) in [5.74, 6) is 2.22. The van der Waals surface area contributed by atoms with Gasteiger partial charge in [0.25, 0.3) is 0 Å². The van der Waals surface area contributed by atoms with Crippen LogP contribution in [-0.4, -0.2) is 38.8 Å². The zero-order valence-electron chi connectivity index (χ0n) is 11.8. The van der Waals surface area contributed by atoms with Crippen molar-refractivity contribution in [2.24, 2.45) is 13.0 Å². The molecule has 0 N–H and O–H groups in total. The maximum atomic E-state index is 11.2. The summed E-state index contributed by atoms with van der Waals surface area (Å²) in [6.07, 6.45) is 0. The van der Waals surface area contributed by atoms with Crippen LogP contribution in [-0.2, 0) is 7.05 Å². The van der Waals surface area contributed by atoms with E-state index in [1.807, 2.05) is 11.8 Å². The van der Waals surface area contributed by atoms with Gasteiger partial charge in [0.15, 0.2) is 0 Å². The average Bonchev–Trinajstić information content (AvgIpc) is 2.64. The molecule has 1 aliphatic heterocycles. The highest BCUT2D eigenvalue weighted by Crippen LogP contribution is 2.35. The van der Waals surface area contributed by atoms with E-state index in [0.717, 1.165) is 18.8 Å². The van der Waals surface area contributed by atoms with Gasteiger partial charge in [0.05, 0.1) is 4.92 Å². The Morgan fingerprint density at radius 1 is 1.53 bits per heavy atom.